The number of hydrogen-bond donors (Lipinski definition) is 1. The molecule has 0 radical (unpaired) electrons. The summed E-state index contributed by atoms with van der Waals surface area (Å²) in [6.45, 7) is 0. The highest BCUT2D eigenvalue weighted by Gasteiger charge is 2.33. The third-order valence-corrected chi connectivity index (χ3v) is 3.86. The molecule has 0 bridgehead atoms. The van der Waals surface area contributed by atoms with Crippen molar-refractivity contribution in [3.63, 3.8) is 0 Å². The second-order valence-corrected chi connectivity index (χ2v) is 5.21. The zero-order valence-electron chi connectivity index (χ0n) is 10.3. The van der Waals surface area contributed by atoms with Gasteiger partial charge in [0.15, 0.2) is 12.0 Å². The van der Waals surface area contributed by atoms with Gasteiger partial charge in [0.05, 0.1) is 0 Å². The van der Waals surface area contributed by atoms with Crippen LogP contribution in [-0.4, -0.2) is 11.7 Å². The van der Waals surface area contributed by atoms with E-state index in [1.54, 1.807) is 0 Å². The fraction of sp³-hybridized carbons (Fsp3) is 0.133. The predicted octanol–water partition coefficient (Wildman–Crippen LogP) is 3.66. The molecule has 1 aliphatic rings. The van der Waals surface area contributed by atoms with Crippen molar-refractivity contribution < 1.29 is 0 Å². The Balaban J connectivity index is 1.88. The maximum Gasteiger partial charge on any atom is 0.196 e. The molecule has 0 saturated heterocycles. The Kier molecular flexibility index (Phi) is 3.14. The monoisotopic (exact) mass is 270 g/mol. The Bertz CT molecular complexity index is 615. The van der Waals surface area contributed by atoms with Crippen LogP contribution in [0.2, 0.25) is 0 Å². The molecule has 3 rings (SSSR count). The topological polar surface area (TPSA) is 35.4 Å². The first kappa shape index (κ1) is 12.4. The Hall–Kier alpha value is -1.62. The van der Waals surface area contributed by atoms with Gasteiger partial charge in [-0.3, -0.25) is 4.65 Å². The van der Waals surface area contributed by atoms with Gasteiger partial charge in [-0.15, -0.1) is 12.6 Å². The van der Waals surface area contributed by atoms with Crippen LogP contribution >= 0.6 is 12.6 Å². The summed E-state index contributed by atoms with van der Waals surface area (Å²) in [5, 5.41) is 12.5. The lowest BCUT2D eigenvalue weighted by Crippen LogP contribution is -2.47. The quantitative estimate of drug-likeness (QED) is 0.515. The molecular formula is C15H14N2OS. The second kappa shape index (κ2) is 4.81. The molecule has 0 amide bonds. The summed E-state index contributed by atoms with van der Waals surface area (Å²) in [4.78, 5) is 4.20. The molecule has 0 saturated carbocycles. The summed E-state index contributed by atoms with van der Waals surface area (Å²) in [6.07, 6.45) is 2.04. The number of hydroxylamine groups is 2. The van der Waals surface area contributed by atoms with E-state index in [-0.39, 0.29) is 0 Å². The van der Waals surface area contributed by atoms with Crippen molar-refractivity contribution in [2.45, 2.75) is 11.8 Å². The van der Waals surface area contributed by atoms with Gasteiger partial charge >= 0.3 is 0 Å². The minimum absolute atomic E-state index is 0.394. The highest BCUT2D eigenvalue weighted by Crippen LogP contribution is 2.40. The van der Waals surface area contributed by atoms with Gasteiger partial charge in [-0.2, -0.15) is 4.99 Å². The fourth-order valence-electron chi connectivity index (χ4n) is 2.28. The van der Waals surface area contributed by atoms with Crippen LogP contribution in [0.4, 0.5) is 11.4 Å². The van der Waals surface area contributed by atoms with E-state index in [0.717, 1.165) is 11.3 Å². The largest absolute Gasteiger partial charge is 0.620 e. The van der Waals surface area contributed by atoms with E-state index in [2.05, 4.69) is 17.6 Å². The van der Waals surface area contributed by atoms with E-state index in [4.69, 9.17) is 0 Å². The van der Waals surface area contributed by atoms with Crippen LogP contribution in [0, 0.1) is 5.21 Å². The highest BCUT2D eigenvalue weighted by atomic mass is 32.1. The number of fused-ring (bicyclic) bond motifs is 1. The van der Waals surface area contributed by atoms with E-state index in [1.807, 2.05) is 54.6 Å². The molecule has 2 aromatic carbocycles. The molecular weight excluding hydrogens is 256 g/mol. The maximum atomic E-state index is 12.9. The summed E-state index contributed by atoms with van der Waals surface area (Å²) in [6, 6.07) is 17.3. The predicted molar refractivity (Wildman–Crippen MR) is 82.7 cm³/mol. The lowest BCUT2D eigenvalue weighted by molar-refractivity contribution is 0.527. The molecule has 1 heterocycles. The van der Waals surface area contributed by atoms with Gasteiger partial charge in [0.2, 0.25) is 0 Å². The maximum absolute atomic E-state index is 12.9. The fourth-order valence-corrected chi connectivity index (χ4v) is 2.67. The summed E-state index contributed by atoms with van der Waals surface area (Å²) in [7, 11) is 0. The molecule has 3 nitrogen and oxygen atoms in total. The molecule has 0 N–H and O–H groups in total. The lowest BCUT2D eigenvalue weighted by Gasteiger charge is -2.39. The van der Waals surface area contributed by atoms with E-state index in [1.165, 1.54) is 6.34 Å². The Labute approximate surface area is 117 Å². The Morgan fingerprint density at radius 2 is 1.74 bits per heavy atom. The van der Waals surface area contributed by atoms with Crippen LogP contribution in [0.3, 0.4) is 0 Å². The SMILES string of the molecule is [O-][N+]1(C(S)Cc2ccccc2)C=Nc2ccccc21. The van der Waals surface area contributed by atoms with Crippen LogP contribution in [0.15, 0.2) is 59.6 Å². The summed E-state index contributed by atoms with van der Waals surface area (Å²) >= 11 is 4.52. The average Bonchev–Trinajstić information content (AvgIpc) is 2.80. The zero-order valence-corrected chi connectivity index (χ0v) is 11.2. The van der Waals surface area contributed by atoms with Gasteiger partial charge in [-0.25, -0.2) is 0 Å². The Morgan fingerprint density at radius 1 is 1.05 bits per heavy atom. The first-order valence-electron chi connectivity index (χ1n) is 6.16. The summed E-state index contributed by atoms with van der Waals surface area (Å²) < 4.78 is -0.603. The third kappa shape index (κ3) is 2.18. The van der Waals surface area contributed by atoms with Crippen molar-refractivity contribution in [3.05, 3.63) is 65.4 Å². The van der Waals surface area contributed by atoms with Crippen LogP contribution in [-0.2, 0) is 6.42 Å². The molecule has 0 aliphatic carbocycles. The molecule has 19 heavy (non-hydrogen) atoms. The highest BCUT2D eigenvalue weighted by molar-refractivity contribution is 7.81. The zero-order chi connectivity index (χ0) is 13.3. The first-order valence-corrected chi connectivity index (χ1v) is 6.68. The minimum Gasteiger partial charge on any atom is -0.620 e. The van der Waals surface area contributed by atoms with Crippen molar-refractivity contribution in [3.8, 4) is 0 Å². The molecule has 0 spiro atoms. The molecule has 4 heteroatoms. The van der Waals surface area contributed by atoms with E-state index in [0.29, 0.717) is 12.1 Å². The van der Waals surface area contributed by atoms with Gasteiger partial charge in [-0.1, -0.05) is 42.5 Å². The minimum atomic E-state index is -0.603. The normalized spacial score (nSPS) is 22.2. The number of quaternary nitrogens is 1. The molecule has 96 valence electrons. The number of rotatable bonds is 3. The molecule has 1 aliphatic heterocycles. The van der Waals surface area contributed by atoms with Crippen LogP contribution in [0.1, 0.15) is 5.56 Å². The molecule has 2 unspecified atom stereocenters. The molecule has 0 aromatic heterocycles. The smallest absolute Gasteiger partial charge is 0.196 e. The van der Waals surface area contributed by atoms with E-state index < -0.39 is 10.0 Å². The van der Waals surface area contributed by atoms with Crippen molar-refractivity contribution in [2.75, 3.05) is 0 Å². The summed E-state index contributed by atoms with van der Waals surface area (Å²) in [5.41, 5.74) is 2.51. The van der Waals surface area contributed by atoms with Crippen LogP contribution in [0.5, 0.6) is 0 Å². The van der Waals surface area contributed by atoms with Gasteiger partial charge in [0.1, 0.15) is 11.1 Å². The van der Waals surface area contributed by atoms with Crippen molar-refractivity contribution >= 4 is 30.3 Å². The van der Waals surface area contributed by atoms with Gasteiger partial charge in [0.25, 0.3) is 0 Å². The van der Waals surface area contributed by atoms with Crippen molar-refractivity contribution in [1.82, 2.24) is 4.65 Å². The van der Waals surface area contributed by atoms with Gasteiger partial charge in [0, 0.05) is 12.5 Å². The second-order valence-electron chi connectivity index (χ2n) is 4.61. The third-order valence-electron chi connectivity index (χ3n) is 3.33. The van der Waals surface area contributed by atoms with E-state index >= 15 is 0 Å². The number of hydrogen-bond acceptors (Lipinski definition) is 3. The standard InChI is InChI=1S/C15H14N2OS/c18-17(11-16-13-8-4-5-9-14(13)17)15(19)10-12-6-2-1-3-7-12/h1-9,11,15,19H,10H2. The number of para-hydroxylation sites is 2. The molecule has 2 aromatic rings. The molecule has 2 atom stereocenters. The van der Waals surface area contributed by atoms with Crippen LogP contribution < -0.4 is 4.65 Å². The summed E-state index contributed by atoms with van der Waals surface area (Å²) in [5.74, 6) is 0. The van der Waals surface area contributed by atoms with Gasteiger partial charge < -0.3 is 5.21 Å². The first-order chi connectivity index (χ1) is 9.20. The van der Waals surface area contributed by atoms with E-state index in [9.17, 15) is 5.21 Å². The van der Waals surface area contributed by atoms with Crippen molar-refractivity contribution in [2.24, 2.45) is 4.99 Å². The average molecular weight is 270 g/mol. The Morgan fingerprint density at radius 3 is 2.53 bits per heavy atom. The van der Waals surface area contributed by atoms with Gasteiger partial charge in [-0.05, 0) is 11.6 Å². The van der Waals surface area contributed by atoms with Crippen molar-refractivity contribution in [1.29, 1.82) is 0 Å². The number of thiol groups is 1. The molecule has 0 fully saturated rings. The van der Waals surface area contributed by atoms with Crippen LogP contribution in [0.25, 0.3) is 0 Å². The number of nitrogens with zero attached hydrogens (tertiary/aromatic N) is 2. The number of benzene rings is 2. The lowest BCUT2D eigenvalue weighted by atomic mass is 10.1. The number of aliphatic imine (C=N–C) groups is 1.